The first kappa shape index (κ1) is 23.8. The summed E-state index contributed by atoms with van der Waals surface area (Å²) < 4.78 is 10.9. The number of nitrogens with zero attached hydrogens (tertiary/aromatic N) is 1. The maximum atomic E-state index is 12.0. The minimum atomic E-state index is -0.137. The molecule has 0 atom stereocenters. The molecule has 2 aromatic rings. The zero-order valence-electron chi connectivity index (χ0n) is 16.6. The summed E-state index contributed by atoms with van der Waals surface area (Å²) in [5.74, 6) is 2.00. The standard InChI is InChI=1S/C20H28N4O3.HI/c1-4-21-20(24-14-19(25)22-13-17-7-6-10-27-17)23-12-16-9-8-15(3)11-18(16)26-5-2;/h6-11H,4-5,12-14H2,1-3H3,(H,22,25)(H2,21,23,24);1H. The lowest BCUT2D eigenvalue weighted by molar-refractivity contribution is -0.120. The van der Waals surface area contributed by atoms with E-state index >= 15 is 0 Å². The minimum Gasteiger partial charge on any atom is -0.494 e. The van der Waals surface area contributed by atoms with Gasteiger partial charge in [-0.3, -0.25) is 4.79 Å². The third kappa shape index (κ3) is 8.20. The lowest BCUT2D eigenvalue weighted by Gasteiger charge is -2.13. The van der Waals surface area contributed by atoms with E-state index in [1.54, 1.807) is 12.3 Å². The van der Waals surface area contributed by atoms with Gasteiger partial charge in [0, 0.05) is 12.1 Å². The van der Waals surface area contributed by atoms with Gasteiger partial charge in [0.1, 0.15) is 11.5 Å². The number of hydrogen-bond donors (Lipinski definition) is 3. The molecule has 0 unspecified atom stereocenters. The Labute approximate surface area is 183 Å². The van der Waals surface area contributed by atoms with E-state index in [1.165, 1.54) is 0 Å². The van der Waals surface area contributed by atoms with Crippen molar-refractivity contribution in [3.05, 3.63) is 53.5 Å². The Bertz CT molecular complexity index is 748. The number of aryl methyl sites for hydroxylation is 1. The number of halogens is 1. The molecule has 1 heterocycles. The molecule has 1 aromatic carbocycles. The Morgan fingerprint density at radius 3 is 2.68 bits per heavy atom. The van der Waals surface area contributed by atoms with E-state index in [9.17, 15) is 4.79 Å². The van der Waals surface area contributed by atoms with Gasteiger partial charge in [-0.1, -0.05) is 12.1 Å². The number of rotatable bonds is 9. The summed E-state index contributed by atoms with van der Waals surface area (Å²) >= 11 is 0. The third-order valence-electron chi connectivity index (χ3n) is 3.73. The van der Waals surface area contributed by atoms with Gasteiger partial charge in [-0.2, -0.15) is 0 Å². The van der Waals surface area contributed by atoms with Gasteiger partial charge in [0.25, 0.3) is 0 Å². The molecule has 7 nitrogen and oxygen atoms in total. The summed E-state index contributed by atoms with van der Waals surface area (Å²) in [5.41, 5.74) is 2.14. The second-order valence-corrected chi connectivity index (χ2v) is 5.95. The number of carbonyl (C=O) groups excluding carboxylic acids is 1. The number of benzene rings is 1. The second kappa shape index (κ2) is 13.0. The van der Waals surface area contributed by atoms with Crippen LogP contribution < -0.4 is 20.7 Å². The summed E-state index contributed by atoms with van der Waals surface area (Å²) in [7, 11) is 0. The molecule has 154 valence electrons. The molecule has 0 aliphatic carbocycles. The highest BCUT2D eigenvalue weighted by Gasteiger charge is 2.07. The van der Waals surface area contributed by atoms with Gasteiger partial charge in [0.05, 0.1) is 32.5 Å². The number of ether oxygens (including phenoxy) is 1. The highest BCUT2D eigenvalue weighted by atomic mass is 127. The third-order valence-corrected chi connectivity index (χ3v) is 3.73. The number of nitrogens with one attached hydrogen (secondary N) is 3. The largest absolute Gasteiger partial charge is 0.494 e. The Balaban J connectivity index is 0.00000392. The molecule has 0 saturated carbocycles. The van der Waals surface area contributed by atoms with Gasteiger partial charge in [-0.15, -0.1) is 24.0 Å². The predicted molar refractivity (Wildman–Crippen MR) is 121 cm³/mol. The van der Waals surface area contributed by atoms with E-state index in [1.807, 2.05) is 45.0 Å². The van der Waals surface area contributed by atoms with Gasteiger partial charge in [0.15, 0.2) is 5.96 Å². The van der Waals surface area contributed by atoms with E-state index < -0.39 is 0 Å². The Hall–Kier alpha value is -2.23. The normalized spacial score (nSPS) is 10.8. The van der Waals surface area contributed by atoms with E-state index in [0.717, 1.165) is 16.9 Å². The summed E-state index contributed by atoms with van der Waals surface area (Å²) in [5, 5.41) is 8.97. The van der Waals surface area contributed by atoms with E-state index in [-0.39, 0.29) is 36.4 Å². The molecule has 3 N–H and O–H groups in total. The number of furan rings is 1. The predicted octanol–water partition coefficient (Wildman–Crippen LogP) is 2.98. The van der Waals surface area contributed by atoms with Crippen molar-refractivity contribution in [3.8, 4) is 5.75 Å². The molecule has 0 radical (unpaired) electrons. The van der Waals surface area contributed by atoms with E-state index in [4.69, 9.17) is 9.15 Å². The Morgan fingerprint density at radius 2 is 2.00 bits per heavy atom. The minimum absolute atomic E-state index is 0. The lowest BCUT2D eigenvalue weighted by atomic mass is 10.1. The molecule has 0 saturated heterocycles. The van der Waals surface area contributed by atoms with Crippen LogP contribution in [0.5, 0.6) is 5.75 Å². The van der Waals surface area contributed by atoms with Crippen molar-refractivity contribution in [1.29, 1.82) is 0 Å². The first-order valence-electron chi connectivity index (χ1n) is 9.16. The molecule has 0 aliphatic heterocycles. The van der Waals surface area contributed by atoms with Crippen LogP contribution in [-0.4, -0.2) is 31.6 Å². The summed E-state index contributed by atoms with van der Waals surface area (Å²) in [4.78, 5) is 16.5. The van der Waals surface area contributed by atoms with Crippen LogP contribution in [0.25, 0.3) is 0 Å². The number of aliphatic imine (C=N–C) groups is 1. The molecule has 1 amide bonds. The van der Waals surface area contributed by atoms with Crippen LogP contribution in [0.3, 0.4) is 0 Å². The smallest absolute Gasteiger partial charge is 0.239 e. The quantitative estimate of drug-likeness (QED) is 0.280. The second-order valence-electron chi connectivity index (χ2n) is 5.95. The first-order valence-corrected chi connectivity index (χ1v) is 9.16. The van der Waals surface area contributed by atoms with Crippen molar-refractivity contribution >= 4 is 35.8 Å². The molecule has 0 aliphatic rings. The van der Waals surface area contributed by atoms with Crippen LogP contribution in [0.15, 0.2) is 46.0 Å². The van der Waals surface area contributed by atoms with Gasteiger partial charge >= 0.3 is 0 Å². The molecule has 1 aromatic heterocycles. The van der Waals surface area contributed by atoms with Crippen molar-refractivity contribution in [1.82, 2.24) is 16.0 Å². The summed E-state index contributed by atoms with van der Waals surface area (Å²) in [6, 6.07) is 9.67. The fourth-order valence-electron chi connectivity index (χ4n) is 2.41. The number of hydrogen-bond acceptors (Lipinski definition) is 4. The van der Waals surface area contributed by atoms with Gasteiger partial charge in [-0.25, -0.2) is 4.99 Å². The van der Waals surface area contributed by atoms with Crippen LogP contribution >= 0.6 is 24.0 Å². The van der Waals surface area contributed by atoms with Crippen molar-refractivity contribution in [2.45, 2.75) is 33.9 Å². The summed E-state index contributed by atoms with van der Waals surface area (Å²) in [6.07, 6.45) is 1.58. The monoisotopic (exact) mass is 500 g/mol. The van der Waals surface area contributed by atoms with Crippen LogP contribution in [0.2, 0.25) is 0 Å². The first-order chi connectivity index (χ1) is 13.1. The van der Waals surface area contributed by atoms with Gasteiger partial charge < -0.3 is 25.1 Å². The average Bonchev–Trinajstić information content (AvgIpc) is 3.17. The van der Waals surface area contributed by atoms with Crippen molar-refractivity contribution in [3.63, 3.8) is 0 Å². The SMILES string of the molecule is CCNC(=NCc1ccc(C)cc1OCC)NCC(=O)NCc1ccco1.I. The van der Waals surface area contributed by atoms with Gasteiger partial charge in [-0.05, 0) is 44.5 Å². The number of guanidine groups is 1. The van der Waals surface area contributed by atoms with Crippen LogP contribution in [0, 0.1) is 6.92 Å². The molecule has 0 spiro atoms. The molecular weight excluding hydrogens is 471 g/mol. The van der Waals surface area contributed by atoms with Crippen LogP contribution in [0.4, 0.5) is 0 Å². The maximum absolute atomic E-state index is 12.0. The Morgan fingerprint density at radius 1 is 1.18 bits per heavy atom. The molecule has 0 bridgehead atoms. The topological polar surface area (TPSA) is 87.9 Å². The van der Waals surface area contributed by atoms with E-state index in [2.05, 4.69) is 20.9 Å². The Kier molecular flexibility index (Phi) is 11.1. The van der Waals surface area contributed by atoms with Crippen molar-refractivity contribution in [2.24, 2.45) is 4.99 Å². The zero-order valence-corrected chi connectivity index (χ0v) is 18.9. The van der Waals surface area contributed by atoms with Crippen LogP contribution in [-0.2, 0) is 17.9 Å². The fraction of sp³-hybridized carbons (Fsp3) is 0.400. The maximum Gasteiger partial charge on any atom is 0.239 e. The molecule has 2 rings (SSSR count). The fourth-order valence-corrected chi connectivity index (χ4v) is 2.41. The molecule has 0 fully saturated rings. The van der Waals surface area contributed by atoms with E-state index in [0.29, 0.717) is 38.0 Å². The highest BCUT2D eigenvalue weighted by molar-refractivity contribution is 14.0. The van der Waals surface area contributed by atoms with Crippen molar-refractivity contribution in [2.75, 3.05) is 19.7 Å². The molecule has 28 heavy (non-hydrogen) atoms. The van der Waals surface area contributed by atoms with Crippen LogP contribution in [0.1, 0.15) is 30.7 Å². The number of carbonyl (C=O) groups is 1. The lowest BCUT2D eigenvalue weighted by Crippen LogP contribution is -2.43. The van der Waals surface area contributed by atoms with Gasteiger partial charge in [0.2, 0.25) is 5.91 Å². The van der Waals surface area contributed by atoms with Crippen molar-refractivity contribution < 1.29 is 13.9 Å². The number of amides is 1. The molecular formula is C20H29IN4O3. The summed E-state index contributed by atoms with van der Waals surface area (Å²) in [6.45, 7) is 8.22. The zero-order chi connectivity index (χ0) is 19.5. The average molecular weight is 500 g/mol. The highest BCUT2D eigenvalue weighted by Crippen LogP contribution is 2.21. The molecule has 8 heteroatoms.